The first-order valence-electron chi connectivity index (χ1n) is 10.4. The van der Waals surface area contributed by atoms with Gasteiger partial charge in [-0.2, -0.15) is 5.10 Å². The predicted molar refractivity (Wildman–Crippen MR) is 122 cm³/mol. The van der Waals surface area contributed by atoms with Crippen LogP contribution < -0.4 is 14.8 Å². The third-order valence-electron chi connectivity index (χ3n) is 4.75. The molecule has 2 N–H and O–H groups in total. The van der Waals surface area contributed by atoms with E-state index in [4.69, 9.17) is 14.6 Å². The molecule has 0 aliphatic carbocycles. The molecular formula is C22H29ClN4O5. The van der Waals surface area contributed by atoms with E-state index in [2.05, 4.69) is 10.4 Å². The zero-order valence-corrected chi connectivity index (χ0v) is 19.0. The molecule has 0 bridgehead atoms. The van der Waals surface area contributed by atoms with E-state index < -0.39 is 6.04 Å². The van der Waals surface area contributed by atoms with Crippen molar-refractivity contribution in [1.82, 2.24) is 14.7 Å². The average Bonchev–Trinajstić information content (AvgIpc) is 3.34. The van der Waals surface area contributed by atoms with E-state index in [0.29, 0.717) is 42.6 Å². The highest BCUT2D eigenvalue weighted by Crippen LogP contribution is 2.30. The van der Waals surface area contributed by atoms with Crippen LogP contribution in [0.25, 0.3) is 0 Å². The molecule has 9 nitrogen and oxygen atoms in total. The molecule has 0 saturated carbocycles. The van der Waals surface area contributed by atoms with Gasteiger partial charge in [0, 0.05) is 18.3 Å². The van der Waals surface area contributed by atoms with Gasteiger partial charge in [-0.1, -0.05) is 25.5 Å². The van der Waals surface area contributed by atoms with Crippen LogP contribution in [0.5, 0.6) is 11.5 Å². The van der Waals surface area contributed by atoms with Crippen molar-refractivity contribution in [1.29, 1.82) is 0 Å². The summed E-state index contributed by atoms with van der Waals surface area (Å²) in [5.74, 6) is 1.37. The van der Waals surface area contributed by atoms with Gasteiger partial charge in [0.05, 0.1) is 26.3 Å². The smallest absolute Gasteiger partial charge is 0.251 e. The summed E-state index contributed by atoms with van der Waals surface area (Å²) in [5, 5.41) is 16.0. The number of carbonyl (C=O) groups is 2. The third-order valence-corrected chi connectivity index (χ3v) is 4.75. The van der Waals surface area contributed by atoms with Gasteiger partial charge in [-0.25, -0.2) is 0 Å². The number of amides is 2. The van der Waals surface area contributed by atoms with Crippen LogP contribution in [0, 0.1) is 0 Å². The van der Waals surface area contributed by atoms with Crippen LogP contribution in [-0.4, -0.2) is 57.4 Å². The molecule has 10 heteroatoms. The molecular weight excluding hydrogens is 436 g/mol. The molecule has 0 saturated heterocycles. The Bertz CT molecular complexity index is 946. The van der Waals surface area contributed by atoms with Crippen molar-refractivity contribution < 1.29 is 24.2 Å². The van der Waals surface area contributed by atoms with Crippen molar-refractivity contribution in [3.05, 3.63) is 48.4 Å². The second kappa shape index (κ2) is 12.1. The van der Waals surface area contributed by atoms with Gasteiger partial charge >= 0.3 is 0 Å². The van der Waals surface area contributed by atoms with E-state index >= 15 is 0 Å². The summed E-state index contributed by atoms with van der Waals surface area (Å²) in [4.78, 5) is 27.1. The van der Waals surface area contributed by atoms with Crippen LogP contribution in [0.15, 0.2) is 48.4 Å². The number of para-hydroxylation sites is 2. The van der Waals surface area contributed by atoms with E-state index in [1.165, 1.54) is 15.7 Å². The standard InChI is InChI=1S/C22H28N4O5.ClH/c1-3-7-17(22(29)23-20-10-11-25(24-20)12-13-27)26-15-16(14-21(26)28)31-19-9-6-5-8-18(19)30-4-2;/h5-6,8-11,14,17,27H,3-4,7,12-13,15H2,1-2H3,(H,23,24,29);1H/t17-;/m0./s1. The number of carbonyl (C=O) groups excluding carboxylic acids is 2. The number of aliphatic hydroxyl groups excluding tert-OH is 1. The average molecular weight is 465 g/mol. The molecule has 0 radical (unpaired) electrons. The molecule has 1 aliphatic heterocycles. The molecule has 32 heavy (non-hydrogen) atoms. The van der Waals surface area contributed by atoms with Gasteiger partial charge in [0.1, 0.15) is 11.8 Å². The van der Waals surface area contributed by atoms with Gasteiger partial charge in [-0.15, -0.1) is 12.4 Å². The Balaban J connectivity index is 0.00000363. The number of ether oxygens (including phenoxy) is 2. The molecule has 2 aromatic rings. The molecule has 0 unspecified atom stereocenters. The molecule has 3 rings (SSSR count). The first kappa shape index (κ1) is 25.2. The molecule has 0 spiro atoms. The predicted octanol–water partition coefficient (Wildman–Crippen LogP) is 2.61. The monoisotopic (exact) mass is 464 g/mol. The van der Waals surface area contributed by atoms with Crippen molar-refractivity contribution in [2.24, 2.45) is 0 Å². The van der Waals surface area contributed by atoms with Gasteiger partial charge in [-0.3, -0.25) is 14.3 Å². The molecule has 1 atom stereocenters. The maximum Gasteiger partial charge on any atom is 0.251 e. The fourth-order valence-corrected chi connectivity index (χ4v) is 3.35. The molecule has 2 amide bonds. The second-order valence-corrected chi connectivity index (χ2v) is 7.04. The lowest BCUT2D eigenvalue weighted by molar-refractivity contribution is -0.133. The summed E-state index contributed by atoms with van der Waals surface area (Å²) in [6.07, 6.45) is 4.31. The number of benzene rings is 1. The topological polar surface area (TPSA) is 106 Å². The van der Waals surface area contributed by atoms with Crippen molar-refractivity contribution >= 4 is 30.0 Å². The lowest BCUT2D eigenvalue weighted by Gasteiger charge is -2.26. The first-order chi connectivity index (χ1) is 15.0. The normalized spacial score (nSPS) is 13.9. The summed E-state index contributed by atoms with van der Waals surface area (Å²) in [6.45, 7) is 4.83. The summed E-state index contributed by atoms with van der Waals surface area (Å²) in [5.41, 5.74) is 0. The summed E-state index contributed by atoms with van der Waals surface area (Å²) < 4.78 is 13.0. The first-order valence-corrected chi connectivity index (χ1v) is 10.4. The van der Waals surface area contributed by atoms with Crippen LogP contribution in [0.4, 0.5) is 5.82 Å². The highest BCUT2D eigenvalue weighted by molar-refractivity contribution is 5.99. The lowest BCUT2D eigenvalue weighted by Crippen LogP contribution is -2.45. The second-order valence-electron chi connectivity index (χ2n) is 7.04. The number of aromatic nitrogens is 2. The Morgan fingerprint density at radius 1 is 1.25 bits per heavy atom. The Labute approximate surface area is 193 Å². The minimum atomic E-state index is -0.653. The van der Waals surface area contributed by atoms with Crippen molar-refractivity contribution in [2.75, 3.05) is 25.1 Å². The number of anilines is 1. The SMILES string of the molecule is CCC[C@@H](C(=O)Nc1ccn(CCO)n1)N1CC(Oc2ccccc2OCC)=CC1=O.Cl. The number of halogens is 1. The number of aliphatic hydroxyl groups is 1. The fraction of sp³-hybridized carbons (Fsp3) is 0.409. The van der Waals surface area contributed by atoms with Crippen LogP contribution in [0.2, 0.25) is 0 Å². The highest BCUT2D eigenvalue weighted by atomic mass is 35.5. The zero-order chi connectivity index (χ0) is 22.2. The minimum absolute atomic E-state index is 0. The van der Waals surface area contributed by atoms with Crippen molar-refractivity contribution in [3.63, 3.8) is 0 Å². The Hall–Kier alpha value is -3.04. The van der Waals surface area contributed by atoms with E-state index in [9.17, 15) is 9.59 Å². The largest absolute Gasteiger partial charge is 0.490 e. The fourth-order valence-electron chi connectivity index (χ4n) is 3.35. The summed E-state index contributed by atoms with van der Waals surface area (Å²) in [6, 6.07) is 8.26. The Morgan fingerprint density at radius 3 is 2.69 bits per heavy atom. The molecule has 1 aliphatic rings. The number of nitrogens with zero attached hydrogens (tertiary/aromatic N) is 3. The highest BCUT2D eigenvalue weighted by Gasteiger charge is 2.34. The molecule has 0 fully saturated rings. The van der Waals surface area contributed by atoms with Gasteiger partial charge in [-0.05, 0) is 25.5 Å². The van der Waals surface area contributed by atoms with Crippen LogP contribution >= 0.6 is 12.4 Å². The zero-order valence-electron chi connectivity index (χ0n) is 18.2. The van der Waals surface area contributed by atoms with E-state index in [0.717, 1.165) is 6.42 Å². The van der Waals surface area contributed by atoms with Gasteiger partial charge in [0.25, 0.3) is 5.91 Å². The maximum atomic E-state index is 12.9. The molecule has 1 aromatic heterocycles. The van der Waals surface area contributed by atoms with Crippen LogP contribution in [0.1, 0.15) is 26.7 Å². The molecule has 2 heterocycles. The Morgan fingerprint density at radius 2 is 2.00 bits per heavy atom. The summed E-state index contributed by atoms with van der Waals surface area (Å²) in [7, 11) is 0. The lowest BCUT2D eigenvalue weighted by atomic mass is 10.1. The maximum absolute atomic E-state index is 12.9. The van der Waals surface area contributed by atoms with Crippen LogP contribution in [0.3, 0.4) is 0 Å². The third kappa shape index (κ3) is 6.24. The van der Waals surface area contributed by atoms with Crippen LogP contribution in [-0.2, 0) is 16.1 Å². The van der Waals surface area contributed by atoms with Gasteiger partial charge in [0.15, 0.2) is 17.3 Å². The van der Waals surface area contributed by atoms with E-state index in [1.807, 2.05) is 26.0 Å². The molecule has 174 valence electrons. The number of hydrogen-bond donors (Lipinski definition) is 2. The quantitative estimate of drug-likeness (QED) is 0.529. The van der Waals surface area contributed by atoms with Crippen molar-refractivity contribution in [3.8, 4) is 11.5 Å². The summed E-state index contributed by atoms with van der Waals surface area (Å²) >= 11 is 0. The molecule has 1 aromatic carbocycles. The van der Waals surface area contributed by atoms with Gasteiger partial charge in [0.2, 0.25) is 5.91 Å². The Kier molecular flexibility index (Phi) is 9.55. The van der Waals surface area contributed by atoms with E-state index in [-0.39, 0.29) is 37.4 Å². The van der Waals surface area contributed by atoms with E-state index in [1.54, 1.807) is 24.4 Å². The number of rotatable bonds is 11. The van der Waals surface area contributed by atoms with Gasteiger partial charge < -0.3 is 24.8 Å². The number of hydrogen-bond acceptors (Lipinski definition) is 6. The minimum Gasteiger partial charge on any atom is -0.490 e. The number of nitrogens with one attached hydrogen (secondary N) is 1. The van der Waals surface area contributed by atoms with Crippen molar-refractivity contribution in [2.45, 2.75) is 39.3 Å².